The number of alkyl halides is 3. The Morgan fingerprint density at radius 3 is 2.57 bits per heavy atom. The summed E-state index contributed by atoms with van der Waals surface area (Å²) in [5.74, 6) is -1.81. The zero-order valence-electron chi connectivity index (χ0n) is 10.2. The molecule has 0 aliphatic heterocycles. The first-order chi connectivity index (χ1) is 9.79. The van der Waals surface area contributed by atoms with Gasteiger partial charge in [-0.2, -0.15) is 13.2 Å². The molecular weight excluding hydrogens is 312 g/mol. The second kappa shape index (κ2) is 5.69. The minimum absolute atomic E-state index is 0.0918. The number of aromatic nitrogens is 1. The van der Waals surface area contributed by atoms with Crippen LogP contribution in [-0.4, -0.2) is 10.9 Å². The molecule has 3 nitrogen and oxygen atoms in total. The van der Waals surface area contributed by atoms with Crippen LogP contribution in [0.25, 0.3) is 0 Å². The van der Waals surface area contributed by atoms with Crippen LogP contribution in [0, 0.1) is 5.82 Å². The van der Waals surface area contributed by atoms with Crippen molar-refractivity contribution in [3.8, 4) is 0 Å². The van der Waals surface area contributed by atoms with Gasteiger partial charge in [-0.25, -0.2) is 4.39 Å². The molecule has 110 valence electrons. The highest BCUT2D eigenvalue weighted by Gasteiger charge is 2.31. The highest BCUT2D eigenvalue weighted by Crippen LogP contribution is 2.34. The van der Waals surface area contributed by atoms with Crippen LogP contribution >= 0.6 is 11.6 Å². The van der Waals surface area contributed by atoms with Gasteiger partial charge in [0.1, 0.15) is 0 Å². The molecule has 21 heavy (non-hydrogen) atoms. The van der Waals surface area contributed by atoms with Crippen molar-refractivity contribution >= 4 is 23.2 Å². The van der Waals surface area contributed by atoms with E-state index >= 15 is 0 Å². The van der Waals surface area contributed by atoms with Crippen molar-refractivity contribution in [1.82, 2.24) is 4.98 Å². The van der Waals surface area contributed by atoms with Gasteiger partial charge in [-0.1, -0.05) is 11.6 Å². The molecule has 0 unspecified atom stereocenters. The number of benzene rings is 1. The van der Waals surface area contributed by atoms with Gasteiger partial charge in [0.25, 0.3) is 5.91 Å². The molecule has 0 saturated carbocycles. The molecule has 1 aromatic carbocycles. The summed E-state index contributed by atoms with van der Waals surface area (Å²) in [6.07, 6.45) is -2.57. The summed E-state index contributed by atoms with van der Waals surface area (Å²) in [4.78, 5) is 15.3. The summed E-state index contributed by atoms with van der Waals surface area (Å²) < 4.78 is 51.2. The van der Waals surface area contributed by atoms with Gasteiger partial charge in [0, 0.05) is 6.20 Å². The van der Waals surface area contributed by atoms with Gasteiger partial charge in [0.05, 0.1) is 28.0 Å². The van der Waals surface area contributed by atoms with Gasteiger partial charge in [-0.05, 0) is 24.3 Å². The van der Waals surface area contributed by atoms with Crippen LogP contribution < -0.4 is 5.32 Å². The maximum Gasteiger partial charge on any atom is 0.416 e. The quantitative estimate of drug-likeness (QED) is 0.845. The van der Waals surface area contributed by atoms with E-state index in [1.165, 1.54) is 6.20 Å². The van der Waals surface area contributed by atoms with Crippen LogP contribution in [0.3, 0.4) is 0 Å². The first-order valence-electron chi connectivity index (χ1n) is 5.56. The molecule has 1 amide bonds. The number of nitrogens with one attached hydrogen (secondary N) is 1. The molecule has 1 heterocycles. The van der Waals surface area contributed by atoms with Gasteiger partial charge in [-0.3, -0.25) is 9.78 Å². The summed E-state index contributed by atoms with van der Waals surface area (Å²) in [5, 5.41) is 2.05. The molecule has 0 spiro atoms. The number of hydrogen-bond acceptors (Lipinski definition) is 2. The van der Waals surface area contributed by atoms with E-state index in [9.17, 15) is 22.4 Å². The lowest BCUT2D eigenvalue weighted by atomic mass is 10.1. The third kappa shape index (κ3) is 3.49. The van der Waals surface area contributed by atoms with Crippen molar-refractivity contribution in [1.29, 1.82) is 0 Å². The minimum Gasteiger partial charge on any atom is -0.321 e. The Morgan fingerprint density at radius 2 is 1.95 bits per heavy atom. The average Bonchev–Trinajstić information content (AvgIpc) is 2.40. The van der Waals surface area contributed by atoms with Crippen LogP contribution in [0.4, 0.5) is 23.2 Å². The van der Waals surface area contributed by atoms with Crippen LogP contribution in [-0.2, 0) is 6.18 Å². The summed E-state index contributed by atoms with van der Waals surface area (Å²) >= 11 is 5.73. The third-order valence-corrected chi connectivity index (χ3v) is 2.89. The predicted octanol–water partition coefficient (Wildman–Crippen LogP) is 4.15. The van der Waals surface area contributed by atoms with E-state index in [1.807, 2.05) is 0 Å². The standard InChI is InChI=1S/C13H7ClF4N2O/c14-9-2-1-7(13(16,17)18)5-11(9)20-12(21)8-3-4-19-6-10(8)15/h1-6H,(H,20,21). The molecule has 0 radical (unpaired) electrons. The Labute approximate surface area is 121 Å². The fourth-order valence-electron chi connectivity index (χ4n) is 1.55. The lowest BCUT2D eigenvalue weighted by Crippen LogP contribution is -2.15. The van der Waals surface area contributed by atoms with Gasteiger partial charge in [0.2, 0.25) is 0 Å². The summed E-state index contributed by atoms with van der Waals surface area (Å²) in [6, 6.07) is 3.57. The summed E-state index contributed by atoms with van der Waals surface area (Å²) in [6.45, 7) is 0. The maximum absolute atomic E-state index is 13.4. The topological polar surface area (TPSA) is 42.0 Å². The third-order valence-electron chi connectivity index (χ3n) is 2.56. The normalized spacial score (nSPS) is 11.3. The van der Waals surface area contributed by atoms with Crippen molar-refractivity contribution in [3.05, 3.63) is 58.6 Å². The molecule has 1 aromatic heterocycles. The second-order valence-corrected chi connectivity index (χ2v) is 4.41. The Hall–Kier alpha value is -2.15. The van der Waals surface area contributed by atoms with E-state index in [0.717, 1.165) is 24.4 Å². The van der Waals surface area contributed by atoms with Crippen LogP contribution in [0.2, 0.25) is 5.02 Å². The fourth-order valence-corrected chi connectivity index (χ4v) is 1.71. The molecule has 1 N–H and O–H groups in total. The minimum atomic E-state index is -4.58. The number of pyridine rings is 1. The molecule has 0 aliphatic carbocycles. The highest BCUT2D eigenvalue weighted by molar-refractivity contribution is 6.34. The zero-order valence-corrected chi connectivity index (χ0v) is 11.0. The molecule has 2 aromatic rings. The Kier molecular flexibility index (Phi) is 4.13. The number of anilines is 1. The lowest BCUT2D eigenvalue weighted by molar-refractivity contribution is -0.137. The molecule has 0 fully saturated rings. The van der Waals surface area contributed by atoms with Gasteiger partial charge < -0.3 is 5.32 Å². The molecule has 0 atom stereocenters. The SMILES string of the molecule is O=C(Nc1cc(C(F)(F)F)ccc1Cl)c1ccncc1F. The van der Waals surface area contributed by atoms with E-state index < -0.39 is 23.5 Å². The van der Waals surface area contributed by atoms with Gasteiger partial charge in [0.15, 0.2) is 5.82 Å². The van der Waals surface area contributed by atoms with Crippen molar-refractivity contribution in [2.24, 2.45) is 0 Å². The average molecular weight is 319 g/mol. The van der Waals surface area contributed by atoms with Crippen molar-refractivity contribution in [2.45, 2.75) is 6.18 Å². The molecule has 2 rings (SSSR count). The second-order valence-electron chi connectivity index (χ2n) is 4.00. The first kappa shape index (κ1) is 15.2. The van der Waals surface area contributed by atoms with E-state index in [1.54, 1.807) is 0 Å². The van der Waals surface area contributed by atoms with E-state index in [0.29, 0.717) is 6.07 Å². The van der Waals surface area contributed by atoms with Crippen molar-refractivity contribution in [2.75, 3.05) is 5.32 Å². The summed E-state index contributed by atoms with van der Waals surface area (Å²) in [7, 11) is 0. The largest absolute Gasteiger partial charge is 0.416 e. The monoisotopic (exact) mass is 318 g/mol. The van der Waals surface area contributed by atoms with Crippen LogP contribution in [0.15, 0.2) is 36.7 Å². The van der Waals surface area contributed by atoms with Crippen LogP contribution in [0.1, 0.15) is 15.9 Å². The molecule has 0 aliphatic rings. The van der Waals surface area contributed by atoms with Crippen LogP contribution in [0.5, 0.6) is 0 Å². The van der Waals surface area contributed by atoms with Gasteiger partial charge in [-0.15, -0.1) is 0 Å². The van der Waals surface area contributed by atoms with E-state index in [-0.39, 0.29) is 16.3 Å². The van der Waals surface area contributed by atoms with Crippen molar-refractivity contribution < 1.29 is 22.4 Å². The van der Waals surface area contributed by atoms with E-state index in [2.05, 4.69) is 10.3 Å². The number of carbonyl (C=O) groups excluding carboxylic acids is 1. The molecule has 8 heteroatoms. The highest BCUT2D eigenvalue weighted by atomic mass is 35.5. The predicted molar refractivity (Wildman–Crippen MR) is 68.6 cm³/mol. The Balaban J connectivity index is 2.31. The number of rotatable bonds is 2. The first-order valence-corrected chi connectivity index (χ1v) is 5.94. The Morgan fingerprint density at radius 1 is 1.24 bits per heavy atom. The lowest BCUT2D eigenvalue weighted by Gasteiger charge is -2.11. The number of halogens is 5. The number of amides is 1. The molecular formula is C13H7ClF4N2O. The maximum atomic E-state index is 13.4. The van der Waals surface area contributed by atoms with Gasteiger partial charge >= 0.3 is 6.18 Å². The number of nitrogens with zero attached hydrogens (tertiary/aromatic N) is 1. The summed E-state index contributed by atoms with van der Waals surface area (Å²) in [5.41, 5.74) is -1.58. The number of hydrogen-bond donors (Lipinski definition) is 1. The zero-order chi connectivity index (χ0) is 15.6. The van der Waals surface area contributed by atoms with E-state index in [4.69, 9.17) is 11.6 Å². The van der Waals surface area contributed by atoms with Crippen molar-refractivity contribution in [3.63, 3.8) is 0 Å². The molecule has 0 bridgehead atoms. The molecule has 0 saturated heterocycles. The fraction of sp³-hybridized carbons (Fsp3) is 0.0769. The Bertz CT molecular complexity index is 688. The smallest absolute Gasteiger partial charge is 0.321 e. The number of carbonyl (C=O) groups is 1.